The number of hydrogen-bond donors (Lipinski definition) is 1. The van der Waals surface area contributed by atoms with E-state index in [0.29, 0.717) is 18.1 Å². The van der Waals surface area contributed by atoms with Crippen LogP contribution in [-0.4, -0.2) is 11.1 Å². The van der Waals surface area contributed by atoms with Gasteiger partial charge in [0.2, 0.25) is 0 Å². The summed E-state index contributed by atoms with van der Waals surface area (Å²) in [4.78, 5) is 4.55. The molecule has 3 nitrogen and oxygen atoms in total. The molecule has 130 valence electrons. The lowest BCUT2D eigenvalue weighted by Gasteiger charge is -2.38. The summed E-state index contributed by atoms with van der Waals surface area (Å²) in [5.74, 6) is 1.79. The van der Waals surface area contributed by atoms with Crippen molar-refractivity contribution in [1.82, 2.24) is 4.98 Å². The highest BCUT2D eigenvalue weighted by atomic mass is 16.5. The number of fused-ring (bicyclic) bond motifs is 1. The quantitative estimate of drug-likeness (QED) is 0.834. The van der Waals surface area contributed by atoms with Crippen LogP contribution in [0, 0.1) is 11.3 Å². The Bertz CT molecular complexity index is 687. The number of nitrogens with two attached hydrogens (primary N) is 1. The van der Waals surface area contributed by atoms with Crippen LogP contribution in [-0.2, 0) is 6.54 Å². The zero-order valence-electron chi connectivity index (χ0n) is 15.2. The van der Waals surface area contributed by atoms with Gasteiger partial charge in [0.15, 0.2) is 0 Å². The number of benzene rings is 1. The molecular formula is C21H30N2O. The van der Waals surface area contributed by atoms with Crippen LogP contribution in [0.3, 0.4) is 0 Å². The lowest BCUT2D eigenvalue weighted by Crippen LogP contribution is -2.31. The van der Waals surface area contributed by atoms with Crippen molar-refractivity contribution in [3.05, 3.63) is 36.0 Å². The first-order chi connectivity index (χ1) is 11.5. The Balaban J connectivity index is 1.64. The maximum Gasteiger partial charge on any atom is 0.120 e. The zero-order chi connectivity index (χ0) is 17.2. The molecule has 0 saturated heterocycles. The van der Waals surface area contributed by atoms with Gasteiger partial charge in [0.25, 0.3) is 0 Å². The fourth-order valence-electron chi connectivity index (χ4n) is 3.78. The van der Waals surface area contributed by atoms with Crippen LogP contribution in [0.2, 0.25) is 0 Å². The van der Waals surface area contributed by atoms with E-state index in [4.69, 9.17) is 10.5 Å². The van der Waals surface area contributed by atoms with E-state index < -0.39 is 0 Å². The van der Waals surface area contributed by atoms with Gasteiger partial charge in [0.1, 0.15) is 5.75 Å². The SMILES string of the molecule is CCC(C)(C)C1CCC(Oc2ccc3nc(CN)ccc3c2)CC1. The minimum Gasteiger partial charge on any atom is -0.490 e. The van der Waals surface area contributed by atoms with E-state index in [2.05, 4.69) is 37.9 Å². The summed E-state index contributed by atoms with van der Waals surface area (Å²) < 4.78 is 6.26. The second-order valence-electron chi connectivity index (χ2n) is 7.79. The van der Waals surface area contributed by atoms with Gasteiger partial charge in [-0.05, 0) is 61.3 Å². The number of nitrogens with zero attached hydrogens (tertiary/aromatic N) is 1. The maximum absolute atomic E-state index is 6.26. The van der Waals surface area contributed by atoms with Crippen molar-refractivity contribution >= 4 is 10.9 Å². The average molecular weight is 326 g/mol. The molecular weight excluding hydrogens is 296 g/mol. The highest BCUT2D eigenvalue weighted by molar-refractivity contribution is 5.80. The van der Waals surface area contributed by atoms with Gasteiger partial charge in [-0.3, -0.25) is 4.98 Å². The summed E-state index contributed by atoms with van der Waals surface area (Å²) in [7, 11) is 0. The van der Waals surface area contributed by atoms with Crippen LogP contribution in [0.15, 0.2) is 30.3 Å². The first-order valence-corrected chi connectivity index (χ1v) is 9.28. The summed E-state index contributed by atoms with van der Waals surface area (Å²) in [5, 5.41) is 1.12. The summed E-state index contributed by atoms with van der Waals surface area (Å²) in [6.07, 6.45) is 6.49. The molecule has 24 heavy (non-hydrogen) atoms. The average Bonchev–Trinajstić information content (AvgIpc) is 2.61. The number of rotatable bonds is 5. The number of hydrogen-bond acceptors (Lipinski definition) is 3. The highest BCUT2D eigenvalue weighted by Crippen LogP contribution is 2.41. The van der Waals surface area contributed by atoms with E-state index in [9.17, 15) is 0 Å². The Labute approximate surface area is 145 Å². The molecule has 3 rings (SSSR count). The molecule has 1 saturated carbocycles. The molecule has 1 heterocycles. The first-order valence-electron chi connectivity index (χ1n) is 9.28. The minimum absolute atomic E-state index is 0.350. The predicted octanol–water partition coefficient (Wildman–Crippen LogP) is 5.07. The largest absolute Gasteiger partial charge is 0.490 e. The normalized spacial score (nSPS) is 21.8. The summed E-state index contributed by atoms with van der Waals surface area (Å²) in [5.41, 5.74) is 8.03. The fraction of sp³-hybridized carbons (Fsp3) is 0.571. The van der Waals surface area contributed by atoms with Crippen molar-refractivity contribution in [2.24, 2.45) is 17.1 Å². The molecule has 0 bridgehead atoms. The molecule has 1 aliphatic rings. The second kappa shape index (κ2) is 7.10. The summed E-state index contributed by atoms with van der Waals surface area (Å²) >= 11 is 0. The predicted molar refractivity (Wildman–Crippen MR) is 100 cm³/mol. The molecule has 0 radical (unpaired) electrons. The van der Waals surface area contributed by atoms with Crippen molar-refractivity contribution in [3.8, 4) is 5.75 Å². The molecule has 0 aliphatic heterocycles. The van der Waals surface area contributed by atoms with Gasteiger partial charge in [-0.1, -0.05) is 33.3 Å². The van der Waals surface area contributed by atoms with Crippen LogP contribution in [0.1, 0.15) is 58.6 Å². The standard InChI is InChI=1S/C21H30N2O/c1-4-21(2,3)16-6-9-18(10-7-16)24-19-11-12-20-15(13-19)5-8-17(14-22)23-20/h5,8,11-13,16,18H,4,6-7,9-10,14,22H2,1-3H3. The van der Waals surface area contributed by atoms with Crippen molar-refractivity contribution in [3.63, 3.8) is 0 Å². The summed E-state index contributed by atoms with van der Waals surface area (Å²) in [6, 6.07) is 10.3. The van der Waals surface area contributed by atoms with Crippen LogP contribution < -0.4 is 10.5 Å². The molecule has 0 spiro atoms. The number of ether oxygens (including phenoxy) is 1. The van der Waals surface area contributed by atoms with Crippen LogP contribution in [0.5, 0.6) is 5.75 Å². The second-order valence-corrected chi connectivity index (χ2v) is 7.79. The van der Waals surface area contributed by atoms with Gasteiger partial charge in [0.05, 0.1) is 17.3 Å². The van der Waals surface area contributed by atoms with Crippen molar-refractivity contribution in [2.45, 2.75) is 65.5 Å². The zero-order valence-corrected chi connectivity index (χ0v) is 15.2. The Morgan fingerprint density at radius 2 is 1.88 bits per heavy atom. The van der Waals surface area contributed by atoms with Crippen LogP contribution in [0.4, 0.5) is 0 Å². The van der Waals surface area contributed by atoms with Gasteiger partial charge in [-0.25, -0.2) is 0 Å². The van der Waals surface area contributed by atoms with E-state index in [0.717, 1.165) is 41.1 Å². The minimum atomic E-state index is 0.350. The van der Waals surface area contributed by atoms with E-state index in [1.54, 1.807) is 0 Å². The van der Waals surface area contributed by atoms with E-state index in [1.165, 1.54) is 19.3 Å². The van der Waals surface area contributed by atoms with Gasteiger partial charge >= 0.3 is 0 Å². The lowest BCUT2D eigenvalue weighted by molar-refractivity contribution is 0.0780. The Morgan fingerprint density at radius 1 is 1.12 bits per heavy atom. The molecule has 0 atom stereocenters. The third-order valence-electron chi connectivity index (χ3n) is 5.92. The van der Waals surface area contributed by atoms with Crippen molar-refractivity contribution in [2.75, 3.05) is 0 Å². The fourth-order valence-corrected chi connectivity index (χ4v) is 3.78. The van der Waals surface area contributed by atoms with Gasteiger partial charge in [0, 0.05) is 11.9 Å². The molecule has 0 amide bonds. The van der Waals surface area contributed by atoms with Gasteiger partial charge < -0.3 is 10.5 Å². The maximum atomic E-state index is 6.26. The third kappa shape index (κ3) is 3.72. The molecule has 1 fully saturated rings. The highest BCUT2D eigenvalue weighted by Gasteiger charge is 2.32. The lowest BCUT2D eigenvalue weighted by atomic mass is 9.69. The van der Waals surface area contributed by atoms with Crippen molar-refractivity contribution < 1.29 is 4.74 Å². The Hall–Kier alpha value is -1.61. The van der Waals surface area contributed by atoms with E-state index in [1.807, 2.05) is 18.2 Å². The molecule has 2 N–H and O–H groups in total. The molecule has 1 aromatic carbocycles. The molecule has 0 unspecified atom stereocenters. The Morgan fingerprint density at radius 3 is 2.54 bits per heavy atom. The molecule has 2 aromatic rings. The van der Waals surface area contributed by atoms with E-state index >= 15 is 0 Å². The van der Waals surface area contributed by atoms with Crippen LogP contribution >= 0.6 is 0 Å². The van der Waals surface area contributed by atoms with Crippen molar-refractivity contribution in [1.29, 1.82) is 0 Å². The number of pyridine rings is 1. The topological polar surface area (TPSA) is 48.1 Å². The van der Waals surface area contributed by atoms with E-state index in [-0.39, 0.29) is 0 Å². The van der Waals surface area contributed by atoms with Gasteiger partial charge in [-0.15, -0.1) is 0 Å². The summed E-state index contributed by atoms with van der Waals surface area (Å²) in [6.45, 7) is 7.60. The van der Waals surface area contributed by atoms with Crippen LogP contribution in [0.25, 0.3) is 10.9 Å². The monoisotopic (exact) mass is 326 g/mol. The third-order valence-corrected chi connectivity index (χ3v) is 5.92. The molecule has 1 aliphatic carbocycles. The molecule has 3 heteroatoms. The smallest absolute Gasteiger partial charge is 0.120 e. The molecule has 1 aromatic heterocycles. The Kier molecular flexibility index (Phi) is 5.09. The first kappa shape index (κ1) is 17.2. The number of aromatic nitrogens is 1. The van der Waals surface area contributed by atoms with Gasteiger partial charge in [-0.2, -0.15) is 0 Å².